The van der Waals surface area contributed by atoms with E-state index in [4.69, 9.17) is 9.47 Å². The molecule has 296 valence electrons. The third-order valence-electron chi connectivity index (χ3n) is 7.68. The Morgan fingerprint density at radius 2 is 1.41 bits per heavy atom. The number of ketones is 1. The molecular weight excluding hydrogens is 658 g/mol. The number of Topliss-reactive ketones (excluding diaryl/α,β-unsaturated/α-hetero) is 1. The number of hydrogen-bond donors (Lipinski definition) is 4. The van der Waals surface area contributed by atoms with Gasteiger partial charge in [-0.1, -0.05) is 75.2 Å². The van der Waals surface area contributed by atoms with Crippen LogP contribution in [0.25, 0.3) is 0 Å². The fourth-order valence-electron chi connectivity index (χ4n) is 4.22. The van der Waals surface area contributed by atoms with Gasteiger partial charge in [0.15, 0.2) is 0 Å². The monoisotopic (exact) mass is 728 g/mol. The van der Waals surface area contributed by atoms with E-state index in [0.29, 0.717) is 19.3 Å². The molecule has 0 spiro atoms. The second kappa shape index (κ2) is 23.7. The predicted octanol–water partition coefficient (Wildman–Crippen LogP) is 4.42. The highest BCUT2D eigenvalue weighted by Gasteiger charge is 2.42. The third kappa shape index (κ3) is 20.7. The molecule has 51 heavy (non-hydrogen) atoms. The predicted molar refractivity (Wildman–Crippen MR) is 198 cm³/mol. The van der Waals surface area contributed by atoms with Crippen LogP contribution in [0.2, 0.25) is 0 Å². The van der Waals surface area contributed by atoms with Gasteiger partial charge in [0, 0.05) is 13.1 Å². The van der Waals surface area contributed by atoms with E-state index in [-0.39, 0.29) is 33.0 Å². The summed E-state index contributed by atoms with van der Waals surface area (Å²) in [6.07, 6.45) is 5.21. The molecule has 14 nitrogen and oxygen atoms in total. The molecule has 3 atom stereocenters. The summed E-state index contributed by atoms with van der Waals surface area (Å²) in [5, 5.41) is 9.84. The number of nitrogens with one attached hydrogen (secondary N) is 4. The second-order valence-electron chi connectivity index (χ2n) is 14.9. The normalized spacial score (nSPS) is 16.3. The molecule has 1 aliphatic carbocycles. The molecule has 2 fully saturated rings. The van der Waals surface area contributed by atoms with Gasteiger partial charge in [-0.2, -0.15) is 0 Å². The Hall–Kier alpha value is -3.71. The van der Waals surface area contributed by atoms with Crippen molar-refractivity contribution in [3.05, 3.63) is 0 Å². The van der Waals surface area contributed by atoms with Crippen LogP contribution < -0.4 is 21.3 Å². The van der Waals surface area contributed by atoms with E-state index in [0.717, 1.165) is 5.92 Å². The first kappa shape index (κ1) is 49.4. The zero-order chi connectivity index (χ0) is 38.8. The fourth-order valence-corrected chi connectivity index (χ4v) is 4.22. The summed E-state index contributed by atoms with van der Waals surface area (Å²) in [5.41, 5.74) is -1.39. The molecule has 14 heteroatoms. The van der Waals surface area contributed by atoms with Crippen molar-refractivity contribution >= 4 is 41.5 Å². The lowest BCUT2D eigenvalue weighted by Crippen LogP contribution is -2.60. The maximum Gasteiger partial charge on any atom is 0.328 e. The first-order valence-corrected chi connectivity index (χ1v) is 18.0. The van der Waals surface area contributed by atoms with Crippen molar-refractivity contribution in [1.82, 2.24) is 26.2 Å². The number of carbonyl (C=O) groups excluding carboxylic acids is 7. The quantitative estimate of drug-likeness (QED) is 0.148. The van der Waals surface area contributed by atoms with E-state index in [1.807, 2.05) is 6.92 Å². The van der Waals surface area contributed by atoms with Crippen molar-refractivity contribution < 1.29 is 43.0 Å². The van der Waals surface area contributed by atoms with E-state index in [1.165, 1.54) is 31.1 Å². The van der Waals surface area contributed by atoms with Crippen molar-refractivity contribution in [3.63, 3.8) is 0 Å². The summed E-state index contributed by atoms with van der Waals surface area (Å²) in [7, 11) is 0. The Kier molecular flexibility index (Phi) is 23.0. The average molecular weight is 728 g/mol. The number of rotatable bonds is 14. The van der Waals surface area contributed by atoms with Gasteiger partial charge in [0.1, 0.15) is 23.7 Å². The number of likely N-dealkylation sites (tertiary alicyclic amines) is 1. The van der Waals surface area contributed by atoms with Crippen LogP contribution in [0.1, 0.15) is 135 Å². The molecular formula is C37H69N5O9. The lowest BCUT2D eigenvalue weighted by Gasteiger charge is -2.35. The van der Waals surface area contributed by atoms with Gasteiger partial charge in [0.05, 0.1) is 19.1 Å². The molecule has 4 N–H and O–H groups in total. The molecule has 2 aliphatic rings. The zero-order valence-electron chi connectivity index (χ0n) is 32.6. The standard InChI is InChI=1S/C29H49N5O9.C4H8.C3H8.CH4/c1-10-29(8,9)43-21(36)13-14-30-24(38)20(35)16-31-23(37)19-12-11-15-34(19)25(39)22(28(5,6)7)33-27(41)32-18(4)26(40)42-17(2)3;1-4-2-3-4;1-3-2;/h17-19,22H,10-16H2,1-9H3,(H,30,38)(H,31,37)(H2,32,33,41);4H,2-3H2,1H3;3H2,1-2H3;1H4. The van der Waals surface area contributed by atoms with Gasteiger partial charge in [-0.25, -0.2) is 9.59 Å². The van der Waals surface area contributed by atoms with Gasteiger partial charge in [0.2, 0.25) is 17.6 Å². The molecule has 1 saturated heterocycles. The smallest absolute Gasteiger partial charge is 0.328 e. The molecule has 0 bridgehead atoms. The number of urea groups is 1. The molecule has 1 saturated carbocycles. The number of ether oxygens (including phenoxy) is 2. The summed E-state index contributed by atoms with van der Waals surface area (Å²) >= 11 is 0. The van der Waals surface area contributed by atoms with Crippen LogP contribution in [0.15, 0.2) is 0 Å². The minimum atomic E-state index is -1.05. The van der Waals surface area contributed by atoms with Crippen molar-refractivity contribution in [3.8, 4) is 0 Å². The van der Waals surface area contributed by atoms with Crippen LogP contribution >= 0.6 is 0 Å². The maximum atomic E-state index is 13.6. The Morgan fingerprint density at radius 1 is 0.863 bits per heavy atom. The van der Waals surface area contributed by atoms with Crippen LogP contribution in [-0.4, -0.2) is 95.8 Å². The Labute approximate surface area is 306 Å². The number of hydrogen-bond acceptors (Lipinski definition) is 9. The van der Waals surface area contributed by atoms with E-state index in [1.54, 1.807) is 48.5 Å². The highest BCUT2D eigenvalue weighted by Crippen LogP contribution is 2.27. The second-order valence-corrected chi connectivity index (χ2v) is 14.9. The van der Waals surface area contributed by atoms with E-state index >= 15 is 0 Å². The van der Waals surface area contributed by atoms with Crippen LogP contribution in [0, 0.1) is 11.3 Å². The van der Waals surface area contributed by atoms with Crippen molar-refractivity contribution in [2.24, 2.45) is 11.3 Å². The molecule has 0 aromatic carbocycles. The van der Waals surface area contributed by atoms with E-state index in [9.17, 15) is 33.6 Å². The molecule has 2 rings (SSSR count). The highest BCUT2D eigenvalue weighted by molar-refractivity contribution is 6.37. The Bertz CT molecular complexity index is 1150. The number of esters is 2. The Balaban J connectivity index is 0. The number of carbonyl (C=O) groups is 7. The van der Waals surface area contributed by atoms with E-state index < -0.39 is 77.2 Å². The van der Waals surface area contributed by atoms with Crippen molar-refractivity contribution in [2.75, 3.05) is 19.6 Å². The SMILES string of the molecule is C.CC1CC1.CCC.CCC(C)(C)OC(=O)CCNC(=O)C(=O)CNC(=O)C1CCCN1C(=O)C(NC(=O)NC(C)C(=O)OC(C)C)C(C)(C)C. The first-order chi connectivity index (χ1) is 23.1. The van der Waals surface area contributed by atoms with Crippen LogP contribution in [0.3, 0.4) is 0 Å². The number of amides is 5. The maximum absolute atomic E-state index is 13.6. The van der Waals surface area contributed by atoms with Gasteiger partial charge < -0.3 is 35.6 Å². The van der Waals surface area contributed by atoms with Crippen LogP contribution in [-0.2, 0) is 38.2 Å². The highest BCUT2D eigenvalue weighted by atomic mass is 16.6. The summed E-state index contributed by atoms with van der Waals surface area (Å²) in [6, 6.07) is -3.66. The van der Waals surface area contributed by atoms with Crippen molar-refractivity contribution in [2.45, 2.75) is 165 Å². The minimum absolute atomic E-state index is 0. The first-order valence-electron chi connectivity index (χ1n) is 18.0. The topological polar surface area (TPSA) is 189 Å². The van der Waals surface area contributed by atoms with Gasteiger partial charge in [0.25, 0.3) is 5.91 Å². The van der Waals surface area contributed by atoms with Crippen LogP contribution in [0.5, 0.6) is 0 Å². The Morgan fingerprint density at radius 3 is 1.88 bits per heavy atom. The fraction of sp³-hybridized carbons (Fsp3) is 0.811. The lowest BCUT2D eigenvalue weighted by atomic mass is 9.85. The summed E-state index contributed by atoms with van der Waals surface area (Å²) < 4.78 is 10.4. The van der Waals surface area contributed by atoms with Gasteiger partial charge >= 0.3 is 18.0 Å². The summed E-state index contributed by atoms with van der Waals surface area (Å²) in [4.78, 5) is 88.9. The molecule has 1 aliphatic heterocycles. The average Bonchev–Trinajstić information content (AvgIpc) is 3.63. The lowest BCUT2D eigenvalue weighted by molar-refractivity contribution is -0.156. The third-order valence-corrected chi connectivity index (χ3v) is 7.68. The van der Waals surface area contributed by atoms with Gasteiger partial charge in [-0.3, -0.25) is 24.0 Å². The minimum Gasteiger partial charge on any atom is -0.461 e. The molecule has 0 radical (unpaired) electrons. The molecule has 3 unspecified atom stereocenters. The van der Waals surface area contributed by atoms with Crippen molar-refractivity contribution in [1.29, 1.82) is 0 Å². The summed E-state index contributed by atoms with van der Waals surface area (Å²) in [6.45, 7) is 21.6. The molecule has 0 aromatic heterocycles. The molecule has 1 heterocycles. The van der Waals surface area contributed by atoms with E-state index in [2.05, 4.69) is 42.0 Å². The van der Waals surface area contributed by atoms with Gasteiger partial charge in [-0.05, 0) is 65.2 Å². The summed E-state index contributed by atoms with van der Waals surface area (Å²) in [5.74, 6) is -3.04. The van der Waals surface area contributed by atoms with Gasteiger partial charge in [-0.15, -0.1) is 0 Å². The molecule has 0 aromatic rings. The van der Waals surface area contributed by atoms with Crippen LogP contribution in [0.4, 0.5) is 4.79 Å². The largest absolute Gasteiger partial charge is 0.461 e. The molecule has 5 amide bonds. The number of nitrogens with zero attached hydrogens (tertiary/aromatic N) is 1. The zero-order valence-corrected chi connectivity index (χ0v) is 32.6.